The summed E-state index contributed by atoms with van der Waals surface area (Å²) in [6.07, 6.45) is 4.02. The molecule has 5 N–H and O–H groups in total. The first-order valence-electron chi connectivity index (χ1n) is 12.8. The number of pyridine rings is 1. The third-order valence-corrected chi connectivity index (χ3v) is 9.08. The van der Waals surface area contributed by atoms with Crippen molar-refractivity contribution in [3.63, 3.8) is 0 Å². The predicted molar refractivity (Wildman–Crippen MR) is 158 cm³/mol. The normalized spacial score (nSPS) is 17.3. The Morgan fingerprint density at radius 3 is 2.32 bits per heavy atom. The van der Waals surface area contributed by atoms with Crippen LogP contribution in [0.1, 0.15) is 23.2 Å². The van der Waals surface area contributed by atoms with Crippen LogP contribution in [0.15, 0.2) is 58.3 Å². The number of aliphatic hydroxyl groups is 2. The first-order chi connectivity index (χ1) is 21.0. The van der Waals surface area contributed by atoms with Crippen molar-refractivity contribution in [2.75, 3.05) is 12.6 Å². The molecule has 0 bridgehead atoms. The van der Waals surface area contributed by atoms with Crippen LogP contribution in [0, 0.1) is 10.4 Å². The third kappa shape index (κ3) is 3.30. The van der Waals surface area contributed by atoms with Crippen LogP contribution in [-0.2, 0) is 11.8 Å². The summed E-state index contributed by atoms with van der Waals surface area (Å²) in [6.45, 7) is 0. The van der Waals surface area contributed by atoms with Gasteiger partial charge in [0.15, 0.2) is 11.2 Å². The first-order valence-corrected chi connectivity index (χ1v) is 13.6. The number of aromatic hydroxyl groups is 1. The highest BCUT2D eigenvalue weighted by Crippen LogP contribution is 2.56. The largest absolute Gasteiger partial charge is 0.510 e. The number of nitrogens with zero attached hydrogens (tertiary/aromatic N) is 4. The number of aromatic nitrogens is 4. The Morgan fingerprint density at radius 1 is 1.00 bits per heavy atom. The Morgan fingerprint density at radius 2 is 1.66 bits per heavy atom. The highest BCUT2D eigenvalue weighted by Gasteiger charge is 2.53. The summed E-state index contributed by atoms with van der Waals surface area (Å²) in [7, 11) is 1.12. The molecule has 0 aliphatic heterocycles. The van der Waals surface area contributed by atoms with Crippen molar-refractivity contribution in [2.45, 2.75) is 18.3 Å². The van der Waals surface area contributed by atoms with Crippen LogP contribution in [0.25, 0.3) is 22.3 Å². The molecular weight excluding hydrogens is 644 g/mol. The molecule has 0 amide bonds. The van der Waals surface area contributed by atoms with Crippen molar-refractivity contribution in [2.24, 2.45) is 5.10 Å². The van der Waals surface area contributed by atoms with Crippen LogP contribution in [0.4, 0.5) is 0 Å². The van der Waals surface area contributed by atoms with E-state index in [9.17, 15) is 39.3 Å². The molecule has 2 heterocycles. The van der Waals surface area contributed by atoms with E-state index in [4.69, 9.17) is 4.74 Å². The number of nitrogens with one attached hydrogen (secondary N) is 2. The minimum Gasteiger partial charge on any atom is -0.510 e. The molecule has 0 saturated heterocycles. The van der Waals surface area contributed by atoms with Crippen molar-refractivity contribution in [1.29, 1.82) is 0 Å². The molecule has 0 radical (unpaired) electrons. The number of hydrogen-bond acceptors (Lipinski definition) is 13. The molecule has 4 aliphatic carbocycles. The molecule has 0 fully saturated rings. The summed E-state index contributed by atoms with van der Waals surface area (Å²) in [5.41, 5.74) is -3.88. The van der Waals surface area contributed by atoms with Crippen LogP contribution in [0.3, 0.4) is 0 Å². The number of aliphatic hydroxyl groups excluding tert-OH is 2. The van der Waals surface area contributed by atoms with E-state index in [1.54, 1.807) is 0 Å². The summed E-state index contributed by atoms with van der Waals surface area (Å²) < 4.78 is 6.60. The van der Waals surface area contributed by atoms with E-state index >= 15 is 0 Å². The highest BCUT2D eigenvalue weighted by atomic mass is 79.9. The van der Waals surface area contributed by atoms with E-state index in [0.717, 1.165) is 13.2 Å². The van der Waals surface area contributed by atoms with Crippen LogP contribution in [0.2, 0.25) is 0 Å². The Labute approximate surface area is 249 Å². The van der Waals surface area contributed by atoms with Gasteiger partial charge in [-0.2, -0.15) is 5.10 Å². The molecule has 1 atom stereocenters. The molecule has 7 rings (SSSR count). The van der Waals surface area contributed by atoms with Gasteiger partial charge in [0, 0.05) is 21.5 Å². The van der Waals surface area contributed by atoms with E-state index in [-0.39, 0.29) is 34.9 Å². The number of aromatic amines is 1. The van der Waals surface area contributed by atoms with Crippen LogP contribution >= 0.6 is 15.9 Å². The average Bonchev–Trinajstić information content (AvgIpc) is 3.71. The third-order valence-electron chi connectivity index (χ3n) is 8.17. The van der Waals surface area contributed by atoms with Gasteiger partial charge in [-0.25, -0.2) is 10.2 Å². The van der Waals surface area contributed by atoms with E-state index in [2.05, 4.69) is 41.7 Å². The molecule has 1 spiro atoms. The number of H-pyrrole nitrogens is 1. The van der Waals surface area contributed by atoms with E-state index in [1.807, 2.05) is 0 Å². The number of phenols is 1. The Balaban J connectivity index is 1.52. The number of hydrogen-bond donors (Lipinski definition) is 5. The lowest BCUT2D eigenvalue weighted by Gasteiger charge is -2.27. The van der Waals surface area contributed by atoms with E-state index in [0.29, 0.717) is 10.0 Å². The summed E-state index contributed by atoms with van der Waals surface area (Å²) in [6, 6.07) is 2.32. The number of ether oxygens (including phenoxy) is 1. The van der Waals surface area contributed by atoms with Crippen molar-refractivity contribution in [3.05, 3.63) is 118 Å². The Hall–Kier alpha value is -5.64. The summed E-state index contributed by atoms with van der Waals surface area (Å²) in [5.74, 6) is -2.63. The maximum atomic E-state index is 13.6. The SMILES string of the molecule is COc1cc(=O)c2c(=O)c3c(c(=O)c=2c1=O)=C(O)[C@]1(CCc2c1c(O)c1c(=O)[nH]c(/C=N/Nn4cnnc4)cc1c2Br)C=3O. The second kappa shape index (κ2) is 9.18. The molecule has 16 heteroatoms. The maximum absolute atomic E-state index is 13.6. The van der Waals surface area contributed by atoms with Gasteiger partial charge in [0.05, 0.1) is 45.3 Å². The molecule has 1 aromatic carbocycles. The van der Waals surface area contributed by atoms with Crippen LogP contribution < -0.4 is 48.0 Å². The van der Waals surface area contributed by atoms with Crippen molar-refractivity contribution in [3.8, 4) is 11.5 Å². The van der Waals surface area contributed by atoms with Gasteiger partial charge in [-0.15, -0.1) is 10.2 Å². The van der Waals surface area contributed by atoms with Gasteiger partial charge in [-0.05, 0) is 40.4 Å². The molecule has 44 heavy (non-hydrogen) atoms. The molecule has 3 aromatic rings. The van der Waals surface area contributed by atoms with Gasteiger partial charge in [0.25, 0.3) is 5.56 Å². The van der Waals surface area contributed by atoms with Gasteiger partial charge < -0.3 is 25.0 Å². The fraction of sp³-hybridized carbons (Fsp3) is 0.143. The average molecular weight is 661 g/mol. The van der Waals surface area contributed by atoms with Crippen molar-refractivity contribution >= 4 is 44.4 Å². The zero-order chi connectivity index (χ0) is 31.2. The number of phenolic OH excluding ortho intramolecular Hbond substituents is 1. The number of hydrazone groups is 1. The monoisotopic (exact) mass is 660 g/mol. The maximum Gasteiger partial charge on any atom is 0.260 e. The summed E-state index contributed by atoms with van der Waals surface area (Å²) in [5, 5.41) is 43.3. The van der Waals surface area contributed by atoms with Crippen molar-refractivity contribution < 1.29 is 20.1 Å². The van der Waals surface area contributed by atoms with E-state index in [1.165, 1.54) is 29.6 Å². The number of methoxy groups -OCH3 is 1. The van der Waals surface area contributed by atoms with Crippen molar-refractivity contribution in [1.82, 2.24) is 19.9 Å². The fourth-order valence-electron chi connectivity index (χ4n) is 6.30. The summed E-state index contributed by atoms with van der Waals surface area (Å²) >= 11 is 3.49. The number of halogens is 1. The molecule has 0 saturated carbocycles. The predicted octanol–water partition coefficient (Wildman–Crippen LogP) is -1.55. The molecule has 0 unspecified atom stereocenters. The lowest BCUT2D eigenvalue weighted by molar-refractivity contribution is 0.362. The number of rotatable bonds is 4. The van der Waals surface area contributed by atoms with Gasteiger partial charge in [0.2, 0.25) is 16.3 Å². The highest BCUT2D eigenvalue weighted by molar-refractivity contribution is 9.10. The molecular formula is C28H17BrN6O9. The lowest BCUT2D eigenvalue weighted by Crippen LogP contribution is -2.51. The van der Waals surface area contributed by atoms with E-state index < -0.39 is 76.6 Å². The van der Waals surface area contributed by atoms with Crippen LogP contribution in [0.5, 0.6) is 11.5 Å². The Kier molecular flexibility index (Phi) is 5.68. The number of benzene rings is 1. The van der Waals surface area contributed by atoms with Gasteiger partial charge >= 0.3 is 0 Å². The first kappa shape index (κ1) is 27.2. The quantitative estimate of drug-likeness (QED) is 0.109. The lowest BCUT2D eigenvalue weighted by atomic mass is 9.78. The summed E-state index contributed by atoms with van der Waals surface area (Å²) in [4.78, 5) is 68.9. The molecule has 15 nitrogen and oxygen atoms in total. The second-order valence-electron chi connectivity index (χ2n) is 10.3. The van der Waals surface area contributed by atoms with Gasteiger partial charge in [-0.1, -0.05) is 0 Å². The standard InChI is InChI=1S/C28H17BrN6O9/c1-44-13-5-12(36)15-16(21(13)37)23(39)18-17(22(15)38)25(41)28(26(18)42)3-2-10-19(28)24(40)14-11(20(10)29)4-9(33-27(14)43)6-30-34-35-7-31-32-8-35/h4-8,34,40-42H,2-3H2,1H3,(H,33,43)/b30-6+/t28-/m0/s1. The molecule has 220 valence electrons. The smallest absolute Gasteiger partial charge is 0.260 e. The van der Waals surface area contributed by atoms with Gasteiger partial charge in [0.1, 0.15) is 35.3 Å². The zero-order valence-electron chi connectivity index (χ0n) is 22.3. The zero-order valence-corrected chi connectivity index (χ0v) is 23.8. The van der Waals surface area contributed by atoms with Crippen LogP contribution in [-0.4, -0.2) is 48.5 Å². The second-order valence-corrected chi connectivity index (χ2v) is 11.0. The molecule has 4 aliphatic rings. The molecule has 2 aromatic heterocycles. The fourth-order valence-corrected chi connectivity index (χ4v) is 7.01. The topological polar surface area (TPSA) is 226 Å². The number of fused-ring (bicyclic) bond motifs is 4. The minimum absolute atomic E-state index is 0.102. The minimum atomic E-state index is -2.01. The van der Waals surface area contributed by atoms with Gasteiger partial charge in [-0.3, -0.25) is 24.0 Å². The Bertz CT molecular complexity index is 2630.